The number of hydrogen-bond acceptors (Lipinski definition) is 5. The monoisotopic (exact) mass is 236 g/mol. The fourth-order valence-corrected chi connectivity index (χ4v) is 1.91. The third-order valence-electron chi connectivity index (χ3n) is 3.05. The van der Waals surface area contributed by atoms with Crippen LogP contribution in [0.2, 0.25) is 0 Å². The van der Waals surface area contributed by atoms with Gasteiger partial charge >= 0.3 is 0 Å². The first-order valence-corrected chi connectivity index (χ1v) is 5.92. The summed E-state index contributed by atoms with van der Waals surface area (Å²) in [6.45, 7) is 5.46. The molecule has 0 bridgehead atoms. The summed E-state index contributed by atoms with van der Waals surface area (Å²) in [5.74, 6) is 0.752. The first-order chi connectivity index (χ1) is 8.16. The van der Waals surface area contributed by atoms with E-state index in [2.05, 4.69) is 22.2 Å². The van der Waals surface area contributed by atoms with Gasteiger partial charge in [-0.3, -0.25) is 0 Å². The molecular weight excluding hydrogens is 216 g/mol. The number of likely N-dealkylation sites (N-methyl/N-ethyl adjacent to an activating group) is 1. The molecule has 1 saturated heterocycles. The molecule has 1 aliphatic heterocycles. The Balaban J connectivity index is 1.91. The van der Waals surface area contributed by atoms with Crippen molar-refractivity contribution in [2.24, 2.45) is 0 Å². The van der Waals surface area contributed by atoms with Crippen LogP contribution in [-0.2, 0) is 4.74 Å². The van der Waals surface area contributed by atoms with E-state index in [9.17, 15) is 0 Å². The number of hydrogen-bond donors (Lipinski definition) is 2. The summed E-state index contributed by atoms with van der Waals surface area (Å²) in [4.78, 5) is 6.50. The number of ether oxygens (including phenoxy) is 1. The van der Waals surface area contributed by atoms with Gasteiger partial charge in [-0.15, -0.1) is 0 Å². The van der Waals surface area contributed by atoms with Crippen molar-refractivity contribution in [3.8, 4) is 0 Å². The highest BCUT2D eigenvalue weighted by Crippen LogP contribution is 2.18. The van der Waals surface area contributed by atoms with Crippen LogP contribution in [0.5, 0.6) is 0 Å². The van der Waals surface area contributed by atoms with Gasteiger partial charge in [0.1, 0.15) is 5.82 Å². The van der Waals surface area contributed by atoms with Crippen molar-refractivity contribution < 1.29 is 4.74 Å². The van der Waals surface area contributed by atoms with Gasteiger partial charge in [-0.05, 0) is 25.6 Å². The SMILES string of the molecule is Cc1ccnc(NCC2CN(C)CCO2)c1N. The van der Waals surface area contributed by atoms with E-state index in [1.807, 2.05) is 13.0 Å². The highest BCUT2D eigenvalue weighted by Gasteiger charge is 2.17. The van der Waals surface area contributed by atoms with Crippen LogP contribution in [-0.4, -0.2) is 49.3 Å². The summed E-state index contributed by atoms with van der Waals surface area (Å²) in [7, 11) is 2.11. The zero-order valence-electron chi connectivity index (χ0n) is 10.4. The van der Waals surface area contributed by atoms with Crippen molar-refractivity contribution in [3.05, 3.63) is 17.8 Å². The normalized spacial score (nSPS) is 21.4. The standard InChI is InChI=1S/C12H20N4O/c1-9-3-4-14-12(11(9)13)15-7-10-8-16(2)5-6-17-10/h3-4,10H,5-8,13H2,1-2H3,(H,14,15). The molecule has 1 aromatic rings. The van der Waals surface area contributed by atoms with Gasteiger partial charge in [-0.1, -0.05) is 0 Å². The molecule has 1 aromatic heterocycles. The second-order valence-electron chi connectivity index (χ2n) is 4.53. The van der Waals surface area contributed by atoms with Gasteiger partial charge in [-0.2, -0.15) is 0 Å². The number of aryl methyl sites for hydroxylation is 1. The number of pyridine rings is 1. The maximum absolute atomic E-state index is 5.95. The Morgan fingerprint density at radius 3 is 3.24 bits per heavy atom. The van der Waals surface area contributed by atoms with Gasteiger partial charge in [0, 0.05) is 25.8 Å². The third-order valence-corrected chi connectivity index (χ3v) is 3.05. The molecule has 0 aliphatic carbocycles. The molecule has 94 valence electrons. The molecule has 0 spiro atoms. The summed E-state index contributed by atoms with van der Waals surface area (Å²) in [5.41, 5.74) is 7.71. The molecule has 1 unspecified atom stereocenters. The van der Waals surface area contributed by atoms with Gasteiger partial charge in [0.15, 0.2) is 0 Å². The fraction of sp³-hybridized carbons (Fsp3) is 0.583. The number of anilines is 2. The summed E-state index contributed by atoms with van der Waals surface area (Å²) >= 11 is 0. The maximum atomic E-state index is 5.95. The second-order valence-corrected chi connectivity index (χ2v) is 4.53. The zero-order valence-corrected chi connectivity index (χ0v) is 10.4. The van der Waals surface area contributed by atoms with E-state index in [0.717, 1.165) is 43.3 Å². The van der Waals surface area contributed by atoms with Crippen molar-refractivity contribution in [3.63, 3.8) is 0 Å². The third kappa shape index (κ3) is 3.08. The van der Waals surface area contributed by atoms with Crippen LogP contribution in [0, 0.1) is 6.92 Å². The van der Waals surface area contributed by atoms with Crippen molar-refractivity contribution in [2.45, 2.75) is 13.0 Å². The molecular formula is C12H20N4O. The minimum Gasteiger partial charge on any atom is -0.396 e. The molecule has 1 aliphatic rings. The lowest BCUT2D eigenvalue weighted by molar-refractivity contribution is -0.0117. The molecule has 5 heteroatoms. The second kappa shape index (κ2) is 5.33. The van der Waals surface area contributed by atoms with Gasteiger partial charge in [0.2, 0.25) is 0 Å². The minimum atomic E-state index is 0.204. The Kier molecular flexibility index (Phi) is 3.81. The number of nitrogens with one attached hydrogen (secondary N) is 1. The topological polar surface area (TPSA) is 63.4 Å². The fourth-order valence-electron chi connectivity index (χ4n) is 1.91. The number of nitrogens with zero attached hydrogens (tertiary/aromatic N) is 2. The van der Waals surface area contributed by atoms with Crippen LogP contribution in [0.1, 0.15) is 5.56 Å². The smallest absolute Gasteiger partial charge is 0.149 e. The van der Waals surface area contributed by atoms with Gasteiger partial charge in [-0.25, -0.2) is 4.98 Å². The lowest BCUT2D eigenvalue weighted by atomic mass is 10.2. The molecule has 0 saturated carbocycles. The molecule has 1 fully saturated rings. The largest absolute Gasteiger partial charge is 0.396 e. The van der Waals surface area contributed by atoms with Crippen LogP contribution in [0.15, 0.2) is 12.3 Å². The molecule has 17 heavy (non-hydrogen) atoms. The molecule has 0 amide bonds. The van der Waals surface area contributed by atoms with Crippen molar-refractivity contribution in [1.29, 1.82) is 0 Å². The highest BCUT2D eigenvalue weighted by molar-refractivity contribution is 5.64. The molecule has 5 nitrogen and oxygen atoms in total. The van der Waals surface area contributed by atoms with E-state index < -0.39 is 0 Å². The number of nitrogens with two attached hydrogens (primary N) is 1. The predicted molar refractivity (Wildman–Crippen MR) is 69.1 cm³/mol. The molecule has 0 radical (unpaired) electrons. The summed E-state index contributed by atoms with van der Waals surface area (Å²) < 4.78 is 5.67. The Bertz CT molecular complexity index is 383. The Labute approximate surface area is 102 Å². The lowest BCUT2D eigenvalue weighted by Crippen LogP contribution is -2.43. The Morgan fingerprint density at radius 1 is 1.65 bits per heavy atom. The number of nitrogen functional groups attached to an aromatic ring is 1. The van der Waals surface area contributed by atoms with Crippen LogP contribution in [0.4, 0.5) is 11.5 Å². The van der Waals surface area contributed by atoms with E-state index in [4.69, 9.17) is 10.5 Å². The number of rotatable bonds is 3. The molecule has 2 heterocycles. The first-order valence-electron chi connectivity index (χ1n) is 5.92. The average Bonchev–Trinajstić information content (AvgIpc) is 2.31. The molecule has 0 aromatic carbocycles. The van der Waals surface area contributed by atoms with Crippen LogP contribution < -0.4 is 11.1 Å². The number of morpholine rings is 1. The minimum absolute atomic E-state index is 0.204. The van der Waals surface area contributed by atoms with Crippen LogP contribution in [0.25, 0.3) is 0 Å². The Morgan fingerprint density at radius 2 is 2.47 bits per heavy atom. The van der Waals surface area contributed by atoms with E-state index in [-0.39, 0.29) is 6.10 Å². The van der Waals surface area contributed by atoms with Crippen LogP contribution in [0.3, 0.4) is 0 Å². The maximum Gasteiger partial charge on any atom is 0.149 e. The zero-order chi connectivity index (χ0) is 12.3. The number of aromatic nitrogens is 1. The van der Waals surface area contributed by atoms with Crippen molar-refractivity contribution in [1.82, 2.24) is 9.88 Å². The van der Waals surface area contributed by atoms with Crippen molar-refractivity contribution >= 4 is 11.5 Å². The highest BCUT2D eigenvalue weighted by atomic mass is 16.5. The van der Waals surface area contributed by atoms with E-state index >= 15 is 0 Å². The summed E-state index contributed by atoms with van der Waals surface area (Å²) in [5, 5.41) is 3.26. The van der Waals surface area contributed by atoms with Gasteiger partial charge < -0.3 is 20.7 Å². The lowest BCUT2D eigenvalue weighted by Gasteiger charge is -2.30. The van der Waals surface area contributed by atoms with E-state index in [0.29, 0.717) is 0 Å². The van der Waals surface area contributed by atoms with Crippen LogP contribution >= 0.6 is 0 Å². The van der Waals surface area contributed by atoms with Crippen molar-refractivity contribution in [2.75, 3.05) is 44.3 Å². The van der Waals surface area contributed by atoms with E-state index in [1.54, 1.807) is 6.20 Å². The summed E-state index contributed by atoms with van der Waals surface area (Å²) in [6.07, 6.45) is 1.97. The first kappa shape index (κ1) is 12.1. The summed E-state index contributed by atoms with van der Waals surface area (Å²) in [6, 6.07) is 1.91. The van der Waals surface area contributed by atoms with E-state index in [1.165, 1.54) is 0 Å². The predicted octanol–water partition coefficient (Wildman–Crippen LogP) is 0.715. The molecule has 1 atom stereocenters. The average molecular weight is 236 g/mol. The molecule has 2 rings (SSSR count). The quantitative estimate of drug-likeness (QED) is 0.809. The van der Waals surface area contributed by atoms with Gasteiger partial charge in [0.05, 0.1) is 18.4 Å². The Hall–Kier alpha value is -1.33. The van der Waals surface area contributed by atoms with Gasteiger partial charge in [0.25, 0.3) is 0 Å². The molecule has 3 N–H and O–H groups in total.